The molecule has 0 spiro atoms. The van der Waals surface area contributed by atoms with E-state index in [1.807, 2.05) is 31.2 Å². The maximum absolute atomic E-state index is 5.08. The molecule has 0 amide bonds. The lowest BCUT2D eigenvalue weighted by Gasteiger charge is -2.01. The van der Waals surface area contributed by atoms with Crippen LogP contribution >= 0.6 is 11.8 Å². The Balaban J connectivity index is 1.81. The summed E-state index contributed by atoms with van der Waals surface area (Å²) in [5, 5.41) is 15.2. The van der Waals surface area contributed by atoms with Gasteiger partial charge in [0, 0.05) is 17.2 Å². The van der Waals surface area contributed by atoms with Crippen LogP contribution < -0.4 is 0 Å². The zero-order chi connectivity index (χ0) is 13.1. The van der Waals surface area contributed by atoms with Crippen LogP contribution in [0.25, 0.3) is 10.8 Å². The van der Waals surface area contributed by atoms with Crippen LogP contribution in [-0.2, 0) is 12.2 Å². The first-order valence-corrected chi connectivity index (χ1v) is 7.00. The SMILES string of the molecule is CCc1nc(CSc2nncc3ccccc23)no1. The van der Waals surface area contributed by atoms with Crippen molar-refractivity contribution in [1.82, 2.24) is 20.3 Å². The second-order valence-electron chi connectivity index (χ2n) is 3.98. The van der Waals surface area contributed by atoms with E-state index < -0.39 is 0 Å². The Labute approximate surface area is 114 Å². The summed E-state index contributed by atoms with van der Waals surface area (Å²) in [4.78, 5) is 4.28. The summed E-state index contributed by atoms with van der Waals surface area (Å²) in [6.07, 6.45) is 2.52. The van der Waals surface area contributed by atoms with Crippen molar-refractivity contribution in [2.45, 2.75) is 24.1 Å². The molecule has 3 rings (SSSR count). The third kappa shape index (κ3) is 2.58. The molecular formula is C13H12N4OS. The first kappa shape index (κ1) is 12.1. The highest BCUT2D eigenvalue weighted by molar-refractivity contribution is 7.98. The number of thioether (sulfide) groups is 1. The van der Waals surface area contributed by atoms with Gasteiger partial charge in [-0.1, -0.05) is 48.1 Å². The van der Waals surface area contributed by atoms with Gasteiger partial charge in [0.2, 0.25) is 5.89 Å². The zero-order valence-electron chi connectivity index (χ0n) is 10.4. The van der Waals surface area contributed by atoms with Gasteiger partial charge in [-0.25, -0.2) is 0 Å². The molecule has 0 atom stereocenters. The van der Waals surface area contributed by atoms with E-state index in [2.05, 4.69) is 20.3 Å². The zero-order valence-corrected chi connectivity index (χ0v) is 11.2. The van der Waals surface area contributed by atoms with Crippen LogP contribution in [0.15, 0.2) is 40.0 Å². The second kappa shape index (κ2) is 5.36. The lowest BCUT2D eigenvalue weighted by molar-refractivity contribution is 0.378. The van der Waals surface area contributed by atoms with E-state index in [1.54, 1.807) is 18.0 Å². The van der Waals surface area contributed by atoms with Crippen molar-refractivity contribution < 1.29 is 4.52 Å². The van der Waals surface area contributed by atoms with E-state index >= 15 is 0 Å². The summed E-state index contributed by atoms with van der Waals surface area (Å²) in [6.45, 7) is 1.99. The van der Waals surface area contributed by atoms with E-state index in [0.29, 0.717) is 17.5 Å². The van der Waals surface area contributed by atoms with Gasteiger partial charge in [-0.2, -0.15) is 10.1 Å². The van der Waals surface area contributed by atoms with Crippen molar-refractivity contribution in [3.63, 3.8) is 0 Å². The van der Waals surface area contributed by atoms with Crippen LogP contribution in [0.3, 0.4) is 0 Å². The number of nitrogens with zero attached hydrogens (tertiary/aromatic N) is 4. The smallest absolute Gasteiger partial charge is 0.226 e. The van der Waals surface area contributed by atoms with E-state index in [-0.39, 0.29) is 0 Å². The summed E-state index contributed by atoms with van der Waals surface area (Å²) in [6, 6.07) is 8.06. The largest absolute Gasteiger partial charge is 0.339 e. The molecule has 0 N–H and O–H groups in total. The number of aryl methyl sites for hydroxylation is 1. The van der Waals surface area contributed by atoms with Crippen LogP contribution in [0.2, 0.25) is 0 Å². The Kier molecular flexibility index (Phi) is 3.41. The quantitative estimate of drug-likeness (QED) is 0.680. The summed E-state index contributed by atoms with van der Waals surface area (Å²) in [5.74, 6) is 1.99. The molecule has 2 heterocycles. The summed E-state index contributed by atoms with van der Waals surface area (Å²) in [5.41, 5.74) is 0. The molecular weight excluding hydrogens is 260 g/mol. The highest BCUT2D eigenvalue weighted by Gasteiger charge is 2.08. The standard InChI is InChI=1S/C13H12N4OS/c1-2-12-15-11(17-18-12)8-19-13-10-6-4-3-5-9(10)7-14-16-13/h3-7H,2,8H2,1H3. The minimum Gasteiger partial charge on any atom is -0.339 e. The fourth-order valence-corrected chi connectivity index (χ4v) is 2.56. The molecule has 6 heteroatoms. The van der Waals surface area contributed by atoms with E-state index in [0.717, 1.165) is 22.2 Å². The predicted molar refractivity (Wildman–Crippen MR) is 72.8 cm³/mol. The highest BCUT2D eigenvalue weighted by Crippen LogP contribution is 2.26. The average Bonchev–Trinajstić information content (AvgIpc) is 2.93. The Hall–Kier alpha value is -1.95. The molecule has 0 aliphatic carbocycles. The van der Waals surface area contributed by atoms with Crippen LogP contribution in [0.1, 0.15) is 18.6 Å². The first-order valence-electron chi connectivity index (χ1n) is 6.01. The minimum atomic E-state index is 0.631. The Morgan fingerprint density at radius 2 is 2.16 bits per heavy atom. The number of fused-ring (bicyclic) bond motifs is 1. The molecule has 19 heavy (non-hydrogen) atoms. The fraction of sp³-hybridized carbons (Fsp3) is 0.231. The highest BCUT2D eigenvalue weighted by atomic mass is 32.2. The predicted octanol–water partition coefficient (Wildman–Crippen LogP) is 2.87. The van der Waals surface area contributed by atoms with Crippen LogP contribution in [0.5, 0.6) is 0 Å². The van der Waals surface area contributed by atoms with Crippen molar-refractivity contribution in [3.05, 3.63) is 42.2 Å². The van der Waals surface area contributed by atoms with Crippen LogP contribution in [0, 0.1) is 0 Å². The maximum Gasteiger partial charge on any atom is 0.226 e. The van der Waals surface area contributed by atoms with E-state index in [4.69, 9.17) is 4.52 Å². The number of hydrogen-bond acceptors (Lipinski definition) is 6. The van der Waals surface area contributed by atoms with Crippen molar-refractivity contribution in [2.75, 3.05) is 0 Å². The Bertz CT molecular complexity index is 692. The fourth-order valence-electron chi connectivity index (χ4n) is 1.73. The number of benzene rings is 1. The molecule has 0 aliphatic heterocycles. The topological polar surface area (TPSA) is 64.7 Å². The first-order chi connectivity index (χ1) is 9.36. The molecule has 5 nitrogen and oxygen atoms in total. The Morgan fingerprint density at radius 1 is 1.26 bits per heavy atom. The third-order valence-electron chi connectivity index (χ3n) is 2.69. The molecule has 96 valence electrons. The van der Waals surface area contributed by atoms with Gasteiger partial charge in [0.05, 0.1) is 11.9 Å². The third-order valence-corrected chi connectivity index (χ3v) is 3.66. The van der Waals surface area contributed by atoms with Gasteiger partial charge < -0.3 is 4.52 Å². The van der Waals surface area contributed by atoms with Crippen LogP contribution in [0.4, 0.5) is 0 Å². The monoisotopic (exact) mass is 272 g/mol. The molecule has 0 bridgehead atoms. The van der Waals surface area contributed by atoms with Gasteiger partial charge in [0.25, 0.3) is 0 Å². The molecule has 0 radical (unpaired) electrons. The molecule has 2 aromatic heterocycles. The van der Waals surface area contributed by atoms with Crippen molar-refractivity contribution in [2.24, 2.45) is 0 Å². The van der Waals surface area contributed by atoms with Gasteiger partial charge in [-0.15, -0.1) is 5.10 Å². The van der Waals surface area contributed by atoms with Gasteiger partial charge in [-0.3, -0.25) is 0 Å². The van der Waals surface area contributed by atoms with Crippen molar-refractivity contribution in [3.8, 4) is 0 Å². The minimum absolute atomic E-state index is 0.631. The summed E-state index contributed by atoms with van der Waals surface area (Å²) < 4.78 is 5.08. The Morgan fingerprint density at radius 3 is 3.00 bits per heavy atom. The lowest BCUT2D eigenvalue weighted by Crippen LogP contribution is -1.90. The lowest BCUT2D eigenvalue weighted by atomic mass is 10.2. The summed E-state index contributed by atoms with van der Waals surface area (Å²) in [7, 11) is 0. The number of aromatic nitrogens is 4. The maximum atomic E-state index is 5.08. The number of hydrogen-bond donors (Lipinski definition) is 0. The second-order valence-corrected chi connectivity index (χ2v) is 4.95. The van der Waals surface area contributed by atoms with Crippen molar-refractivity contribution in [1.29, 1.82) is 0 Å². The molecule has 0 saturated heterocycles. The molecule has 0 saturated carbocycles. The molecule has 0 fully saturated rings. The van der Waals surface area contributed by atoms with Crippen molar-refractivity contribution >= 4 is 22.5 Å². The average molecular weight is 272 g/mol. The van der Waals surface area contributed by atoms with E-state index in [1.165, 1.54) is 0 Å². The molecule has 0 aliphatic rings. The summed E-state index contributed by atoms with van der Waals surface area (Å²) >= 11 is 1.57. The normalized spacial score (nSPS) is 11.0. The molecule has 1 aromatic carbocycles. The van der Waals surface area contributed by atoms with Crippen LogP contribution in [-0.4, -0.2) is 20.3 Å². The number of rotatable bonds is 4. The van der Waals surface area contributed by atoms with E-state index in [9.17, 15) is 0 Å². The molecule has 3 aromatic rings. The van der Waals surface area contributed by atoms with Gasteiger partial charge >= 0.3 is 0 Å². The molecule has 0 unspecified atom stereocenters. The van der Waals surface area contributed by atoms with Gasteiger partial charge in [0.15, 0.2) is 5.82 Å². The van der Waals surface area contributed by atoms with Gasteiger partial charge in [0.1, 0.15) is 5.03 Å². The van der Waals surface area contributed by atoms with Gasteiger partial charge in [-0.05, 0) is 0 Å².